The predicted molar refractivity (Wildman–Crippen MR) is 102 cm³/mol. The number of hydrogen-bond acceptors (Lipinski definition) is 5. The first-order valence-corrected chi connectivity index (χ1v) is 9.07. The van der Waals surface area contributed by atoms with Crippen molar-refractivity contribution < 1.29 is 24.1 Å². The van der Waals surface area contributed by atoms with Crippen LogP contribution in [0.4, 0.5) is 0 Å². The van der Waals surface area contributed by atoms with Gasteiger partial charge in [-0.25, -0.2) is 4.79 Å². The summed E-state index contributed by atoms with van der Waals surface area (Å²) in [6.45, 7) is 6.98. The summed E-state index contributed by atoms with van der Waals surface area (Å²) in [5, 5.41) is 10.1. The fraction of sp³-hybridized carbons (Fsp3) is 0.409. The lowest BCUT2D eigenvalue weighted by atomic mass is 9.91. The van der Waals surface area contributed by atoms with Gasteiger partial charge in [-0.1, -0.05) is 24.3 Å². The third kappa shape index (κ3) is 4.49. The molecule has 1 aliphatic heterocycles. The molecule has 27 heavy (non-hydrogen) atoms. The van der Waals surface area contributed by atoms with E-state index in [0.717, 1.165) is 17.5 Å². The van der Waals surface area contributed by atoms with Crippen LogP contribution in [-0.4, -0.2) is 30.4 Å². The topological polar surface area (TPSA) is 65.0 Å². The lowest BCUT2D eigenvalue weighted by molar-refractivity contribution is -0.164. The van der Waals surface area contributed by atoms with Gasteiger partial charge in [0, 0.05) is 5.56 Å². The molecule has 0 bridgehead atoms. The molecule has 1 N–H and O–H groups in total. The van der Waals surface area contributed by atoms with Crippen molar-refractivity contribution in [3.63, 3.8) is 0 Å². The molecule has 0 fully saturated rings. The second kappa shape index (κ2) is 7.71. The van der Waals surface area contributed by atoms with Gasteiger partial charge >= 0.3 is 5.97 Å². The summed E-state index contributed by atoms with van der Waals surface area (Å²) in [5.74, 6) is -0.336. The Balaban J connectivity index is 2.10. The van der Waals surface area contributed by atoms with Gasteiger partial charge in [0.25, 0.3) is 0 Å². The minimum atomic E-state index is -0.884. The maximum absolute atomic E-state index is 12.5. The molecular formula is C22H26O5. The summed E-state index contributed by atoms with van der Waals surface area (Å²) in [6, 6.07) is 11.1. The minimum Gasteiger partial charge on any atom is -0.508 e. The highest BCUT2D eigenvalue weighted by Gasteiger charge is 2.30. The van der Waals surface area contributed by atoms with Crippen molar-refractivity contribution in [2.45, 2.75) is 45.5 Å². The first-order chi connectivity index (χ1) is 12.8. The minimum absolute atomic E-state index is 0.133. The van der Waals surface area contributed by atoms with Gasteiger partial charge in [-0.05, 0) is 61.6 Å². The van der Waals surface area contributed by atoms with E-state index in [-0.39, 0.29) is 5.75 Å². The lowest BCUT2D eigenvalue weighted by Gasteiger charge is -2.28. The van der Waals surface area contributed by atoms with Crippen LogP contribution in [0.15, 0.2) is 36.4 Å². The van der Waals surface area contributed by atoms with E-state index in [4.69, 9.17) is 14.2 Å². The maximum Gasteiger partial charge on any atom is 0.339 e. The Hall–Kier alpha value is -2.37. The molecule has 1 aliphatic rings. The zero-order chi connectivity index (χ0) is 19.6. The van der Waals surface area contributed by atoms with Crippen LogP contribution in [-0.2, 0) is 32.0 Å². The average molecular weight is 370 g/mol. The number of carbonyl (C=O) groups is 1. The van der Waals surface area contributed by atoms with Gasteiger partial charge in [-0.2, -0.15) is 0 Å². The van der Waals surface area contributed by atoms with Crippen molar-refractivity contribution in [1.29, 1.82) is 0 Å². The number of aromatic hydroxyl groups is 1. The molecule has 1 heterocycles. The maximum atomic E-state index is 12.5. The summed E-state index contributed by atoms with van der Waals surface area (Å²) >= 11 is 0. The molecule has 0 aliphatic carbocycles. The third-order valence-corrected chi connectivity index (χ3v) is 4.50. The molecule has 0 aromatic heterocycles. The number of hydrogen-bond donors (Lipinski definition) is 1. The molecule has 0 saturated heterocycles. The van der Waals surface area contributed by atoms with Crippen molar-refractivity contribution >= 4 is 5.97 Å². The molecule has 0 spiro atoms. The highest BCUT2D eigenvalue weighted by molar-refractivity contribution is 5.82. The molecule has 5 nitrogen and oxygen atoms in total. The molecule has 5 heteroatoms. The van der Waals surface area contributed by atoms with E-state index >= 15 is 0 Å². The van der Waals surface area contributed by atoms with Gasteiger partial charge < -0.3 is 19.3 Å². The Morgan fingerprint density at radius 1 is 1.15 bits per heavy atom. The van der Waals surface area contributed by atoms with Crippen molar-refractivity contribution in [2.75, 3.05) is 13.7 Å². The van der Waals surface area contributed by atoms with Gasteiger partial charge in [0.05, 0.1) is 25.9 Å². The number of carbonyl (C=O) groups excluding carboxylic acids is 1. The lowest BCUT2D eigenvalue weighted by Crippen LogP contribution is -2.28. The monoisotopic (exact) mass is 370 g/mol. The Morgan fingerprint density at radius 2 is 1.93 bits per heavy atom. The number of rotatable bonds is 4. The molecule has 0 amide bonds. The van der Waals surface area contributed by atoms with Crippen LogP contribution < -0.4 is 0 Å². The average Bonchev–Trinajstić information content (AvgIpc) is 2.64. The van der Waals surface area contributed by atoms with Crippen molar-refractivity contribution in [3.8, 4) is 16.9 Å². The van der Waals surface area contributed by atoms with Gasteiger partial charge in [0.1, 0.15) is 5.75 Å². The zero-order valence-electron chi connectivity index (χ0n) is 16.2. The van der Waals surface area contributed by atoms with E-state index in [9.17, 15) is 9.90 Å². The molecule has 2 aromatic carbocycles. The van der Waals surface area contributed by atoms with E-state index in [1.807, 2.05) is 32.9 Å². The fourth-order valence-corrected chi connectivity index (χ4v) is 3.25. The smallest absolute Gasteiger partial charge is 0.339 e. The molecule has 2 aromatic rings. The van der Waals surface area contributed by atoms with E-state index in [1.165, 1.54) is 18.2 Å². The standard InChI is InChI=1S/C22H26O5/c1-22(2,3)27-20(21(24)25-4)18-8-7-17(23)12-19(18)15-5-6-16-13-26-10-9-14(16)11-15/h5-8,11-12,20,23H,9-10,13H2,1-4H3. The Kier molecular flexibility index (Phi) is 5.53. The SMILES string of the molecule is COC(=O)C(OC(C)(C)C)c1ccc(O)cc1-c1ccc2c(c1)CCOC2. The second-order valence-electron chi connectivity index (χ2n) is 7.69. The van der Waals surface area contributed by atoms with Crippen molar-refractivity contribution in [1.82, 2.24) is 0 Å². The number of phenolic OH excluding ortho intramolecular Hbond substituents is 1. The van der Waals surface area contributed by atoms with E-state index in [0.29, 0.717) is 18.8 Å². The van der Waals surface area contributed by atoms with Crippen molar-refractivity contribution in [2.24, 2.45) is 0 Å². The van der Waals surface area contributed by atoms with Crippen LogP contribution in [0.1, 0.15) is 43.6 Å². The van der Waals surface area contributed by atoms with Crippen molar-refractivity contribution in [3.05, 3.63) is 53.1 Å². The predicted octanol–water partition coefficient (Wildman–Crippen LogP) is 4.16. The summed E-state index contributed by atoms with van der Waals surface area (Å²) in [7, 11) is 1.35. The highest BCUT2D eigenvalue weighted by atomic mass is 16.6. The normalized spacial score (nSPS) is 15.1. The van der Waals surface area contributed by atoms with E-state index in [2.05, 4.69) is 6.07 Å². The van der Waals surface area contributed by atoms with Crippen LogP contribution in [0.2, 0.25) is 0 Å². The molecule has 1 unspecified atom stereocenters. The number of benzene rings is 2. The Labute approximate surface area is 159 Å². The highest BCUT2D eigenvalue weighted by Crippen LogP contribution is 2.36. The Bertz CT molecular complexity index is 835. The summed E-state index contributed by atoms with van der Waals surface area (Å²) in [5.41, 5.74) is 4.20. The van der Waals surface area contributed by atoms with Crippen LogP contribution in [0, 0.1) is 0 Å². The van der Waals surface area contributed by atoms with E-state index in [1.54, 1.807) is 18.2 Å². The molecular weight excluding hydrogens is 344 g/mol. The molecule has 144 valence electrons. The molecule has 0 saturated carbocycles. The summed E-state index contributed by atoms with van der Waals surface area (Å²) in [4.78, 5) is 12.5. The number of phenols is 1. The van der Waals surface area contributed by atoms with Gasteiger partial charge in [0.2, 0.25) is 0 Å². The number of esters is 1. The first-order valence-electron chi connectivity index (χ1n) is 9.07. The zero-order valence-corrected chi connectivity index (χ0v) is 16.2. The van der Waals surface area contributed by atoms with Gasteiger partial charge in [0.15, 0.2) is 6.10 Å². The van der Waals surface area contributed by atoms with Gasteiger partial charge in [-0.3, -0.25) is 0 Å². The van der Waals surface area contributed by atoms with Gasteiger partial charge in [-0.15, -0.1) is 0 Å². The largest absolute Gasteiger partial charge is 0.508 e. The fourth-order valence-electron chi connectivity index (χ4n) is 3.25. The van der Waals surface area contributed by atoms with Crippen LogP contribution in [0.3, 0.4) is 0 Å². The first kappa shape index (κ1) is 19.4. The summed E-state index contributed by atoms with van der Waals surface area (Å²) in [6.07, 6.45) is -0.0408. The second-order valence-corrected chi connectivity index (χ2v) is 7.69. The van der Waals surface area contributed by atoms with E-state index < -0.39 is 17.7 Å². The summed E-state index contributed by atoms with van der Waals surface area (Å²) < 4.78 is 16.5. The molecule has 0 radical (unpaired) electrons. The third-order valence-electron chi connectivity index (χ3n) is 4.50. The quantitative estimate of drug-likeness (QED) is 0.819. The van der Waals surface area contributed by atoms with Crippen LogP contribution >= 0.6 is 0 Å². The number of ether oxygens (including phenoxy) is 3. The number of methoxy groups -OCH3 is 1. The number of fused-ring (bicyclic) bond motifs is 1. The van der Waals surface area contributed by atoms with Crippen LogP contribution in [0.25, 0.3) is 11.1 Å². The molecule has 3 rings (SSSR count). The molecule has 1 atom stereocenters. The Morgan fingerprint density at radius 3 is 2.63 bits per heavy atom. The van der Waals surface area contributed by atoms with Crippen LogP contribution in [0.5, 0.6) is 5.75 Å².